The first-order valence-electron chi connectivity index (χ1n) is 6.91. The topological polar surface area (TPSA) is 42.7 Å². The second-order valence-corrected chi connectivity index (χ2v) is 7.24. The first-order chi connectivity index (χ1) is 9.54. The van der Waals surface area contributed by atoms with Crippen molar-refractivity contribution in [1.29, 1.82) is 0 Å². The fourth-order valence-electron chi connectivity index (χ4n) is 2.21. The molecule has 1 aromatic heterocycles. The average Bonchev–Trinajstić information content (AvgIpc) is 2.82. The maximum absolute atomic E-state index is 4.34. The van der Waals surface area contributed by atoms with Gasteiger partial charge in [0, 0.05) is 12.2 Å². The summed E-state index contributed by atoms with van der Waals surface area (Å²) < 4.78 is 2.07. The van der Waals surface area contributed by atoms with Crippen molar-refractivity contribution in [1.82, 2.24) is 14.9 Å². The highest BCUT2D eigenvalue weighted by Crippen LogP contribution is 2.31. The van der Waals surface area contributed by atoms with Crippen LogP contribution < -0.4 is 5.43 Å². The van der Waals surface area contributed by atoms with Crippen LogP contribution in [0.15, 0.2) is 35.5 Å². The Morgan fingerprint density at radius 2 is 2.00 bits per heavy atom. The third kappa shape index (κ3) is 2.68. The van der Waals surface area contributed by atoms with Gasteiger partial charge < -0.3 is 5.43 Å². The molecule has 106 valence electrons. The van der Waals surface area contributed by atoms with E-state index in [1.807, 2.05) is 6.07 Å². The van der Waals surface area contributed by atoms with Gasteiger partial charge in [-0.15, -0.1) is 10.2 Å². The molecule has 2 aromatic rings. The monoisotopic (exact) mass is 288 g/mol. The molecule has 20 heavy (non-hydrogen) atoms. The zero-order valence-corrected chi connectivity index (χ0v) is 12.9. The van der Waals surface area contributed by atoms with Crippen molar-refractivity contribution >= 4 is 11.8 Å². The number of rotatable bonds is 2. The molecule has 1 N–H and O–H groups in total. The molecule has 0 aliphatic carbocycles. The Labute approximate surface area is 124 Å². The number of fused-ring (bicyclic) bond motifs is 1. The van der Waals surface area contributed by atoms with Crippen LogP contribution in [0.1, 0.15) is 32.2 Å². The van der Waals surface area contributed by atoms with Crippen molar-refractivity contribution in [2.45, 2.75) is 38.4 Å². The van der Waals surface area contributed by atoms with Crippen LogP contribution in [0.25, 0.3) is 0 Å². The molecule has 0 amide bonds. The van der Waals surface area contributed by atoms with Gasteiger partial charge >= 0.3 is 0 Å². The number of nitrogens with one attached hydrogen (secondary N) is 1. The first-order valence-corrected chi connectivity index (χ1v) is 7.90. The Bertz CT molecular complexity index is 586. The summed E-state index contributed by atoms with van der Waals surface area (Å²) in [5, 5.41) is 9.59. The largest absolute Gasteiger partial charge is 0.318 e. The minimum atomic E-state index is 0.221. The highest BCUT2D eigenvalue weighted by atomic mass is 32.2. The minimum absolute atomic E-state index is 0.221. The molecule has 0 fully saturated rings. The van der Waals surface area contributed by atoms with Gasteiger partial charge in [-0.1, -0.05) is 62.9 Å². The van der Waals surface area contributed by atoms with Crippen LogP contribution in [-0.2, 0) is 6.42 Å². The zero-order valence-electron chi connectivity index (χ0n) is 12.1. The predicted molar refractivity (Wildman–Crippen MR) is 82.6 cm³/mol. The molecule has 1 aliphatic heterocycles. The summed E-state index contributed by atoms with van der Waals surface area (Å²) >= 11 is 1.78. The SMILES string of the molecule is CC(C)(C)C1CSc2nnc(Cc3ccccc3)n2N1. The van der Waals surface area contributed by atoms with Crippen LogP contribution in [0.4, 0.5) is 0 Å². The number of hydrogen-bond donors (Lipinski definition) is 1. The number of benzene rings is 1. The van der Waals surface area contributed by atoms with Crippen molar-refractivity contribution in [2.75, 3.05) is 11.2 Å². The van der Waals surface area contributed by atoms with Gasteiger partial charge in [-0.2, -0.15) is 0 Å². The van der Waals surface area contributed by atoms with E-state index in [0.29, 0.717) is 6.04 Å². The van der Waals surface area contributed by atoms with Gasteiger partial charge in [0.15, 0.2) is 5.82 Å². The fraction of sp³-hybridized carbons (Fsp3) is 0.467. The van der Waals surface area contributed by atoms with E-state index in [2.05, 4.69) is 65.3 Å². The van der Waals surface area contributed by atoms with Crippen LogP contribution in [0.5, 0.6) is 0 Å². The van der Waals surface area contributed by atoms with Crippen LogP contribution in [0, 0.1) is 5.41 Å². The molecule has 4 nitrogen and oxygen atoms in total. The summed E-state index contributed by atoms with van der Waals surface area (Å²) in [6, 6.07) is 10.8. The molecule has 0 bridgehead atoms. The molecule has 0 saturated heterocycles. The van der Waals surface area contributed by atoms with Crippen LogP contribution in [0.2, 0.25) is 0 Å². The van der Waals surface area contributed by atoms with Crippen molar-refractivity contribution in [3.05, 3.63) is 41.7 Å². The van der Waals surface area contributed by atoms with Gasteiger partial charge in [0.25, 0.3) is 0 Å². The lowest BCUT2D eigenvalue weighted by atomic mass is 9.88. The lowest BCUT2D eigenvalue weighted by Crippen LogP contribution is -2.44. The van der Waals surface area contributed by atoms with E-state index < -0.39 is 0 Å². The molecule has 3 rings (SSSR count). The molecular weight excluding hydrogens is 268 g/mol. The Morgan fingerprint density at radius 3 is 2.70 bits per heavy atom. The number of hydrogen-bond acceptors (Lipinski definition) is 4. The van der Waals surface area contributed by atoms with E-state index in [1.165, 1.54) is 5.56 Å². The number of nitrogens with zero attached hydrogens (tertiary/aromatic N) is 3. The third-order valence-electron chi connectivity index (χ3n) is 3.61. The first kappa shape index (κ1) is 13.5. The van der Waals surface area contributed by atoms with E-state index in [-0.39, 0.29) is 5.41 Å². The fourth-order valence-corrected chi connectivity index (χ4v) is 3.49. The molecule has 1 aliphatic rings. The molecule has 0 saturated carbocycles. The van der Waals surface area contributed by atoms with Crippen LogP contribution in [0.3, 0.4) is 0 Å². The van der Waals surface area contributed by atoms with E-state index in [9.17, 15) is 0 Å². The van der Waals surface area contributed by atoms with Crippen molar-refractivity contribution in [3.63, 3.8) is 0 Å². The summed E-state index contributed by atoms with van der Waals surface area (Å²) in [6.45, 7) is 6.78. The number of aromatic nitrogens is 3. The highest BCUT2D eigenvalue weighted by molar-refractivity contribution is 7.99. The van der Waals surface area contributed by atoms with Gasteiger partial charge in [-0.25, -0.2) is 4.68 Å². The quantitative estimate of drug-likeness (QED) is 0.922. The molecular formula is C15H20N4S. The van der Waals surface area contributed by atoms with Gasteiger partial charge in [-0.05, 0) is 11.0 Å². The summed E-state index contributed by atoms with van der Waals surface area (Å²) in [5.41, 5.74) is 5.05. The number of thioether (sulfide) groups is 1. The van der Waals surface area contributed by atoms with Crippen molar-refractivity contribution in [2.24, 2.45) is 5.41 Å². The van der Waals surface area contributed by atoms with Crippen LogP contribution in [-0.4, -0.2) is 26.7 Å². The molecule has 2 heterocycles. The maximum atomic E-state index is 4.34. The molecule has 0 spiro atoms. The zero-order chi connectivity index (χ0) is 14.2. The Hall–Kier alpha value is -1.49. The maximum Gasteiger partial charge on any atom is 0.210 e. The van der Waals surface area contributed by atoms with Gasteiger partial charge in [0.1, 0.15) is 0 Å². The molecule has 1 atom stereocenters. The lowest BCUT2D eigenvalue weighted by Gasteiger charge is -2.35. The van der Waals surface area contributed by atoms with Gasteiger partial charge in [-0.3, -0.25) is 0 Å². The Morgan fingerprint density at radius 1 is 1.25 bits per heavy atom. The highest BCUT2D eigenvalue weighted by Gasteiger charge is 2.30. The second-order valence-electron chi connectivity index (χ2n) is 6.26. The van der Waals surface area contributed by atoms with E-state index in [1.54, 1.807) is 11.8 Å². The third-order valence-corrected chi connectivity index (χ3v) is 4.64. The molecule has 0 radical (unpaired) electrons. The summed E-state index contributed by atoms with van der Waals surface area (Å²) in [6.07, 6.45) is 0.804. The average molecular weight is 288 g/mol. The Balaban J connectivity index is 1.84. The normalized spacial score (nSPS) is 18.4. The second kappa shape index (κ2) is 5.13. The van der Waals surface area contributed by atoms with Gasteiger partial charge in [0.05, 0.1) is 6.04 Å². The van der Waals surface area contributed by atoms with Crippen molar-refractivity contribution < 1.29 is 0 Å². The molecule has 1 aromatic carbocycles. The molecule has 1 unspecified atom stereocenters. The summed E-state index contributed by atoms with van der Waals surface area (Å²) in [5.74, 6) is 2.01. The van der Waals surface area contributed by atoms with Crippen molar-refractivity contribution in [3.8, 4) is 0 Å². The van der Waals surface area contributed by atoms with E-state index >= 15 is 0 Å². The van der Waals surface area contributed by atoms with E-state index in [0.717, 1.165) is 23.2 Å². The standard InChI is InChI=1S/C15H20N4S/c1-15(2,3)12-10-20-14-17-16-13(19(14)18-12)9-11-7-5-4-6-8-11/h4-8,12,18H,9-10H2,1-3H3. The van der Waals surface area contributed by atoms with Crippen LogP contribution >= 0.6 is 11.8 Å². The molecule has 5 heteroatoms. The summed E-state index contributed by atoms with van der Waals surface area (Å²) in [7, 11) is 0. The Kier molecular flexibility index (Phi) is 3.46. The summed E-state index contributed by atoms with van der Waals surface area (Å²) in [4.78, 5) is 0. The predicted octanol–water partition coefficient (Wildman–Crippen LogP) is 2.93. The minimum Gasteiger partial charge on any atom is -0.318 e. The van der Waals surface area contributed by atoms with Gasteiger partial charge in [0.2, 0.25) is 5.16 Å². The van der Waals surface area contributed by atoms with E-state index in [4.69, 9.17) is 0 Å². The smallest absolute Gasteiger partial charge is 0.210 e. The lowest BCUT2D eigenvalue weighted by molar-refractivity contribution is 0.335.